The number of nitrogens with zero attached hydrogens (tertiary/aromatic N) is 2. The number of methoxy groups -OCH3 is 1. The van der Waals surface area contributed by atoms with Gasteiger partial charge in [0.1, 0.15) is 12.1 Å². The fourth-order valence-corrected chi connectivity index (χ4v) is 1.86. The highest BCUT2D eigenvalue weighted by molar-refractivity contribution is 6.33. The minimum Gasteiger partial charge on any atom is -0.490 e. The number of aromatic nitrogens is 2. The SMILES string of the molecule is CNc1ncnc(Nc2c(F)cc(F)cc2Cl)c1OC. The molecule has 0 radical (unpaired) electrons. The van der Waals surface area contributed by atoms with Crippen LogP contribution in [0.3, 0.4) is 0 Å². The molecule has 0 saturated carbocycles. The van der Waals surface area contributed by atoms with Gasteiger partial charge in [0.25, 0.3) is 0 Å². The summed E-state index contributed by atoms with van der Waals surface area (Å²) in [6.45, 7) is 0. The van der Waals surface area contributed by atoms with Crippen LogP contribution in [0.15, 0.2) is 18.5 Å². The highest BCUT2D eigenvalue weighted by Gasteiger charge is 2.16. The topological polar surface area (TPSA) is 59.1 Å². The number of hydrogen-bond acceptors (Lipinski definition) is 5. The second-order valence-electron chi connectivity index (χ2n) is 3.72. The Hall–Kier alpha value is -2.15. The van der Waals surface area contributed by atoms with Crippen LogP contribution in [0, 0.1) is 11.6 Å². The van der Waals surface area contributed by atoms with Gasteiger partial charge in [0.2, 0.25) is 5.75 Å². The third-order valence-corrected chi connectivity index (χ3v) is 2.79. The fourth-order valence-electron chi connectivity index (χ4n) is 1.61. The van der Waals surface area contributed by atoms with Crippen molar-refractivity contribution in [3.63, 3.8) is 0 Å². The summed E-state index contributed by atoms with van der Waals surface area (Å²) >= 11 is 5.81. The lowest BCUT2D eigenvalue weighted by atomic mass is 10.3. The number of anilines is 3. The molecule has 8 heteroatoms. The molecule has 5 nitrogen and oxygen atoms in total. The van der Waals surface area contributed by atoms with E-state index in [1.54, 1.807) is 7.05 Å². The first-order chi connectivity index (χ1) is 9.56. The van der Waals surface area contributed by atoms with E-state index in [2.05, 4.69) is 20.6 Å². The molecular formula is C12H11ClF2N4O. The quantitative estimate of drug-likeness (QED) is 0.908. The van der Waals surface area contributed by atoms with Crippen LogP contribution in [-0.4, -0.2) is 24.1 Å². The second kappa shape index (κ2) is 5.87. The predicted octanol–water partition coefficient (Wildman–Crippen LogP) is 3.20. The van der Waals surface area contributed by atoms with E-state index in [1.165, 1.54) is 13.4 Å². The molecule has 0 aliphatic rings. The third-order valence-electron chi connectivity index (χ3n) is 2.50. The summed E-state index contributed by atoms with van der Waals surface area (Å²) in [5.74, 6) is -0.678. The highest BCUT2D eigenvalue weighted by atomic mass is 35.5. The first-order valence-corrected chi connectivity index (χ1v) is 5.93. The zero-order valence-electron chi connectivity index (χ0n) is 10.7. The number of nitrogens with one attached hydrogen (secondary N) is 2. The Morgan fingerprint density at radius 3 is 2.50 bits per heavy atom. The van der Waals surface area contributed by atoms with Crippen LogP contribution in [0.5, 0.6) is 5.75 Å². The molecule has 0 aliphatic carbocycles. The summed E-state index contributed by atoms with van der Waals surface area (Å²) in [4.78, 5) is 7.91. The van der Waals surface area contributed by atoms with E-state index < -0.39 is 11.6 Å². The third kappa shape index (κ3) is 2.72. The van der Waals surface area contributed by atoms with E-state index in [9.17, 15) is 8.78 Å². The summed E-state index contributed by atoms with van der Waals surface area (Å²) in [5, 5.41) is 5.38. The van der Waals surface area contributed by atoms with Gasteiger partial charge in [0.15, 0.2) is 17.5 Å². The summed E-state index contributed by atoms with van der Waals surface area (Å²) in [5.41, 5.74) is -0.0906. The zero-order valence-corrected chi connectivity index (χ0v) is 11.4. The summed E-state index contributed by atoms with van der Waals surface area (Å²) in [6.07, 6.45) is 1.27. The molecule has 1 aromatic carbocycles. The van der Waals surface area contributed by atoms with Crippen LogP contribution in [0.25, 0.3) is 0 Å². The molecule has 2 rings (SSSR count). The van der Waals surface area contributed by atoms with Crippen molar-refractivity contribution in [2.24, 2.45) is 0 Å². The van der Waals surface area contributed by atoms with Crippen molar-refractivity contribution in [3.8, 4) is 5.75 Å². The van der Waals surface area contributed by atoms with Crippen molar-refractivity contribution < 1.29 is 13.5 Å². The molecule has 0 spiro atoms. The highest BCUT2D eigenvalue weighted by Crippen LogP contribution is 2.34. The van der Waals surface area contributed by atoms with Gasteiger partial charge in [-0.2, -0.15) is 0 Å². The number of rotatable bonds is 4. The number of hydrogen-bond donors (Lipinski definition) is 2. The first-order valence-electron chi connectivity index (χ1n) is 5.55. The fraction of sp³-hybridized carbons (Fsp3) is 0.167. The molecule has 0 unspecified atom stereocenters. The number of benzene rings is 1. The van der Waals surface area contributed by atoms with Crippen LogP contribution in [0.1, 0.15) is 0 Å². The van der Waals surface area contributed by atoms with Crippen molar-refractivity contribution in [1.82, 2.24) is 9.97 Å². The Kier molecular flexibility index (Phi) is 4.19. The lowest BCUT2D eigenvalue weighted by Gasteiger charge is -2.14. The van der Waals surface area contributed by atoms with E-state index in [0.29, 0.717) is 5.82 Å². The number of ether oxygens (including phenoxy) is 1. The average molecular weight is 301 g/mol. The molecule has 0 bridgehead atoms. The monoisotopic (exact) mass is 300 g/mol. The molecule has 0 atom stereocenters. The van der Waals surface area contributed by atoms with Gasteiger partial charge in [-0.1, -0.05) is 11.6 Å². The van der Waals surface area contributed by atoms with Gasteiger partial charge < -0.3 is 15.4 Å². The Labute approximate surface area is 119 Å². The van der Waals surface area contributed by atoms with Crippen LogP contribution < -0.4 is 15.4 Å². The van der Waals surface area contributed by atoms with Gasteiger partial charge in [-0.3, -0.25) is 0 Å². The van der Waals surface area contributed by atoms with Crippen LogP contribution in [0.2, 0.25) is 5.02 Å². The lowest BCUT2D eigenvalue weighted by Crippen LogP contribution is -2.04. The van der Waals surface area contributed by atoms with Gasteiger partial charge in [0.05, 0.1) is 17.8 Å². The molecule has 1 heterocycles. The van der Waals surface area contributed by atoms with E-state index in [-0.39, 0.29) is 22.3 Å². The van der Waals surface area contributed by atoms with Crippen molar-refractivity contribution in [1.29, 1.82) is 0 Å². The van der Waals surface area contributed by atoms with Gasteiger partial charge >= 0.3 is 0 Å². The second-order valence-corrected chi connectivity index (χ2v) is 4.13. The Morgan fingerprint density at radius 2 is 1.90 bits per heavy atom. The van der Waals surface area contributed by atoms with Crippen molar-refractivity contribution in [3.05, 3.63) is 35.1 Å². The maximum Gasteiger partial charge on any atom is 0.204 e. The number of halogens is 3. The zero-order chi connectivity index (χ0) is 14.7. The minimum atomic E-state index is -0.832. The average Bonchev–Trinajstić information content (AvgIpc) is 2.42. The van der Waals surface area contributed by atoms with E-state index in [1.807, 2.05) is 0 Å². The smallest absolute Gasteiger partial charge is 0.204 e. The van der Waals surface area contributed by atoms with Crippen LogP contribution in [0.4, 0.5) is 26.1 Å². The molecule has 0 amide bonds. The van der Waals surface area contributed by atoms with Crippen molar-refractivity contribution >= 4 is 28.9 Å². The van der Waals surface area contributed by atoms with Gasteiger partial charge in [-0.05, 0) is 6.07 Å². The maximum atomic E-state index is 13.7. The molecule has 20 heavy (non-hydrogen) atoms. The molecule has 106 valence electrons. The van der Waals surface area contributed by atoms with E-state index in [0.717, 1.165) is 12.1 Å². The molecule has 2 N–H and O–H groups in total. The normalized spacial score (nSPS) is 10.2. The van der Waals surface area contributed by atoms with Gasteiger partial charge in [-0.15, -0.1) is 0 Å². The summed E-state index contributed by atoms with van der Waals surface area (Å²) < 4.78 is 31.9. The molecule has 2 aromatic rings. The van der Waals surface area contributed by atoms with Crippen LogP contribution in [-0.2, 0) is 0 Å². The molecule has 0 saturated heterocycles. The standard InChI is InChI=1S/C12H11ClF2N4O/c1-16-11-10(20-2)12(18-5-17-11)19-9-7(13)3-6(14)4-8(9)15/h3-5H,1-2H3,(H2,16,17,18,19). The largest absolute Gasteiger partial charge is 0.490 e. The van der Waals surface area contributed by atoms with Gasteiger partial charge in [-0.25, -0.2) is 18.7 Å². The molecule has 0 fully saturated rings. The first kappa shape index (κ1) is 14.3. The predicted molar refractivity (Wildman–Crippen MR) is 72.8 cm³/mol. The Bertz CT molecular complexity index is 616. The Balaban J connectivity index is 2.45. The van der Waals surface area contributed by atoms with E-state index >= 15 is 0 Å². The summed E-state index contributed by atoms with van der Waals surface area (Å²) in [6, 6.07) is 1.72. The Morgan fingerprint density at radius 1 is 1.20 bits per heavy atom. The molecule has 0 aliphatic heterocycles. The van der Waals surface area contributed by atoms with E-state index in [4.69, 9.17) is 16.3 Å². The molecular weight excluding hydrogens is 290 g/mol. The van der Waals surface area contributed by atoms with Crippen LogP contribution >= 0.6 is 11.6 Å². The lowest BCUT2D eigenvalue weighted by molar-refractivity contribution is 0.415. The van der Waals surface area contributed by atoms with Crippen molar-refractivity contribution in [2.45, 2.75) is 0 Å². The minimum absolute atomic E-state index is 0.0906. The van der Waals surface area contributed by atoms with Crippen molar-refractivity contribution in [2.75, 3.05) is 24.8 Å². The van der Waals surface area contributed by atoms with Gasteiger partial charge in [0, 0.05) is 13.1 Å². The molecule has 1 aromatic heterocycles. The summed E-state index contributed by atoms with van der Waals surface area (Å²) in [7, 11) is 3.08. The maximum absolute atomic E-state index is 13.7.